The molecule has 1 aromatic rings. The normalized spacial score (nSPS) is 25.8. The average molecular weight is 259 g/mol. The predicted octanol–water partition coefficient (Wildman–Crippen LogP) is 2.92. The minimum Gasteiger partial charge on any atom is -0.391 e. The maximum atomic E-state index is 9.69. The molecular weight excluding hydrogens is 238 g/mol. The van der Waals surface area contributed by atoms with E-state index in [4.69, 9.17) is 4.74 Å². The fraction of sp³-hybridized carbons (Fsp3) is 0.562. The van der Waals surface area contributed by atoms with Crippen LogP contribution < -0.4 is 0 Å². The topological polar surface area (TPSA) is 53.2 Å². The fourth-order valence-electron chi connectivity index (χ4n) is 2.64. The smallest absolute Gasteiger partial charge is 0.180 e. The summed E-state index contributed by atoms with van der Waals surface area (Å²) in [5.41, 5.74) is 1.26. The molecule has 2 rings (SSSR count). The zero-order valence-corrected chi connectivity index (χ0v) is 11.6. The van der Waals surface area contributed by atoms with E-state index in [2.05, 4.69) is 12.1 Å². The predicted molar refractivity (Wildman–Crippen MR) is 73.5 cm³/mol. The second kappa shape index (κ2) is 5.73. The van der Waals surface area contributed by atoms with E-state index >= 15 is 0 Å². The van der Waals surface area contributed by atoms with E-state index in [0.717, 1.165) is 24.8 Å². The Bertz CT molecular complexity index is 478. The minimum atomic E-state index is -0.913. The van der Waals surface area contributed by atoms with Crippen LogP contribution in [0.15, 0.2) is 24.3 Å². The van der Waals surface area contributed by atoms with Gasteiger partial charge in [-0.15, -0.1) is 0 Å². The molecule has 0 radical (unpaired) electrons. The summed E-state index contributed by atoms with van der Waals surface area (Å²) in [7, 11) is 0. The molecule has 3 unspecified atom stereocenters. The summed E-state index contributed by atoms with van der Waals surface area (Å²) >= 11 is 0. The number of aliphatic hydroxyl groups excluding tert-OH is 1. The second-order valence-electron chi connectivity index (χ2n) is 5.37. The third-order valence-corrected chi connectivity index (χ3v) is 3.92. The lowest BCUT2D eigenvalue weighted by molar-refractivity contribution is -0.103. The molecule has 1 aromatic carbocycles. The molecule has 1 aliphatic rings. The van der Waals surface area contributed by atoms with Gasteiger partial charge in [-0.25, -0.2) is 0 Å². The first-order valence-corrected chi connectivity index (χ1v) is 6.94. The number of hydrogen-bond acceptors (Lipinski definition) is 3. The van der Waals surface area contributed by atoms with Crippen LogP contribution in [0.1, 0.15) is 44.2 Å². The van der Waals surface area contributed by atoms with Crippen LogP contribution in [-0.4, -0.2) is 17.3 Å². The Hall–Kier alpha value is -1.37. The van der Waals surface area contributed by atoms with Crippen molar-refractivity contribution in [1.29, 1.82) is 5.26 Å². The highest BCUT2D eigenvalue weighted by molar-refractivity contribution is 5.38. The van der Waals surface area contributed by atoms with Gasteiger partial charge in [0.05, 0.1) is 12.2 Å². The largest absolute Gasteiger partial charge is 0.391 e. The van der Waals surface area contributed by atoms with E-state index < -0.39 is 11.7 Å². The molecule has 3 atom stereocenters. The maximum Gasteiger partial charge on any atom is 0.180 e. The Morgan fingerprint density at radius 3 is 2.74 bits per heavy atom. The first-order valence-electron chi connectivity index (χ1n) is 6.94. The molecule has 0 saturated carbocycles. The Labute approximate surface area is 114 Å². The lowest BCUT2D eigenvalue weighted by atomic mass is 9.88. The number of nitriles is 1. The number of hydrogen-bond donors (Lipinski definition) is 1. The number of fused-ring (bicyclic) bond motifs is 1. The molecular formula is C16H21NO2. The minimum absolute atomic E-state index is 0.356. The lowest BCUT2D eigenvalue weighted by Crippen LogP contribution is -2.36. The van der Waals surface area contributed by atoms with E-state index in [0.29, 0.717) is 6.42 Å². The molecule has 1 aliphatic carbocycles. The van der Waals surface area contributed by atoms with Crippen molar-refractivity contribution < 1.29 is 9.84 Å². The van der Waals surface area contributed by atoms with Gasteiger partial charge in [-0.05, 0) is 45.1 Å². The van der Waals surface area contributed by atoms with Gasteiger partial charge in [0.25, 0.3) is 0 Å². The van der Waals surface area contributed by atoms with Gasteiger partial charge in [0, 0.05) is 5.56 Å². The van der Waals surface area contributed by atoms with E-state index in [1.807, 2.05) is 25.1 Å². The molecule has 102 valence electrons. The van der Waals surface area contributed by atoms with Crippen molar-refractivity contribution in [3.05, 3.63) is 35.4 Å². The summed E-state index contributed by atoms with van der Waals surface area (Å²) in [5, 5.41) is 19.3. The molecule has 19 heavy (non-hydrogen) atoms. The average Bonchev–Trinajstić information content (AvgIpc) is 2.59. The Morgan fingerprint density at radius 2 is 2.05 bits per heavy atom. The third kappa shape index (κ3) is 2.80. The zero-order valence-electron chi connectivity index (χ0n) is 11.6. The van der Waals surface area contributed by atoms with Crippen LogP contribution >= 0.6 is 0 Å². The van der Waals surface area contributed by atoms with Crippen molar-refractivity contribution in [2.75, 3.05) is 0 Å². The molecule has 0 saturated heterocycles. The molecule has 1 N–H and O–H groups in total. The summed E-state index contributed by atoms with van der Waals surface area (Å²) in [6.07, 6.45) is 2.79. The number of rotatable bonds is 3. The highest BCUT2D eigenvalue weighted by Gasteiger charge is 2.38. The van der Waals surface area contributed by atoms with Crippen molar-refractivity contribution in [3.8, 4) is 6.07 Å². The van der Waals surface area contributed by atoms with Crippen LogP contribution in [0.2, 0.25) is 0 Å². The van der Waals surface area contributed by atoms with Gasteiger partial charge in [-0.1, -0.05) is 24.3 Å². The highest BCUT2D eigenvalue weighted by Crippen LogP contribution is 2.38. The van der Waals surface area contributed by atoms with E-state index in [1.54, 1.807) is 6.92 Å². The van der Waals surface area contributed by atoms with Crippen LogP contribution in [0.5, 0.6) is 0 Å². The molecule has 0 bridgehead atoms. The zero-order chi connectivity index (χ0) is 13.9. The molecule has 0 spiro atoms. The second-order valence-corrected chi connectivity index (χ2v) is 5.37. The van der Waals surface area contributed by atoms with Crippen molar-refractivity contribution >= 4 is 0 Å². The Morgan fingerprint density at radius 1 is 1.32 bits per heavy atom. The van der Waals surface area contributed by atoms with Gasteiger partial charge >= 0.3 is 0 Å². The number of aryl methyl sites for hydroxylation is 1. The van der Waals surface area contributed by atoms with Crippen molar-refractivity contribution in [1.82, 2.24) is 0 Å². The van der Waals surface area contributed by atoms with E-state index in [-0.39, 0.29) is 6.10 Å². The number of ether oxygens (including phenoxy) is 1. The van der Waals surface area contributed by atoms with Gasteiger partial charge in [-0.3, -0.25) is 0 Å². The van der Waals surface area contributed by atoms with Gasteiger partial charge < -0.3 is 9.84 Å². The van der Waals surface area contributed by atoms with Crippen molar-refractivity contribution in [3.63, 3.8) is 0 Å². The number of benzene rings is 1. The monoisotopic (exact) mass is 259 g/mol. The number of aliphatic hydroxyl groups is 1. The molecule has 0 aliphatic heterocycles. The van der Waals surface area contributed by atoms with Gasteiger partial charge in [0.1, 0.15) is 6.07 Å². The van der Waals surface area contributed by atoms with E-state index in [1.165, 1.54) is 5.56 Å². The van der Waals surface area contributed by atoms with Gasteiger partial charge in [0.15, 0.2) is 5.60 Å². The molecule has 3 nitrogen and oxygen atoms in total. The van der Waals surface area contributed by atoms with Crippen LogP contribution in [0.3, 0.4) is 0 Å². The van der Waals surface area contributed by atoms with Crippen molar-refractivity contribution in [2.24, 2.45) is 0 Å². The van der Waals surface area contributed by atoms with Crippen LogP contribution in [-0.2, 0) is 16.8 Å². The highest BCUT2D eigenvalue weighted by atomic mass is 16.5. The summed E-state index contributed by atoms with van der Waals surface area (Å²) in [6, 6.07) is 10.4. The maximum absolute atomic E-state index is 9.69. The molecule has 0 amide bonds. The Balaban J connectivity index is 2.41. The summed E-state index contributed by atoms with van der Waals surface area (Å²) in [6.45, 7) is 3.51. The molecule has 0 aromatic heterocycles. The summed E-state index contributed by atoms with van der Waals surface area (Å²) in [5.74, 6) is 0. The lowest BCUT2D eigenvalue weighted by Gasteiger charge is -2.32. The summed E-state index contributed by atoms with van der Waals surface area (Å²) in [4.78, 5) is 0. The molecule has 3 heteroatoms. The van der Waals surface area contributed by atoms with Crippen LogP contribution in [0.25, 0.3) is 0 Å². The number of nitrogens with zero attached hydrogens (tertiary/aromatic N) is 1. The third-order valence-electron chi connectivity index (χ3n) is 3.92. The first kappa shape index (κ1) is 14.0. The fourth-order valence-corrected chi connectivity index (χ4v) is 2.64. The van der Waals surface area contributed by atoms with Gasteiger partial charge in [-0.2, -0.15) is 5.26 Å². The molecule has 0 heterocycles. The summed E-state index contributed by atoms with van der Waals surface area (Å²) < 4.78 is 5.98. The van der Waals surface area contributed by atoms with E-state index in [9.17, 15) is 10.4 Å². The van der Waals surface area contributed by atoms with Crippen molar-refractivity contribution in [2.45, 2.75) is 57.3 Å². The SMILES string of the molecule is CC(O)C(C)OC1(C#N)CCCCc2ccccc21. The van der Waals surface area contributed by atoms with Crippen LogP contribution in [0, 0.1) is 11.3 Å². The standard InChI is InChI=1S/C16H21NO2/c1-12(18)13(2)19-16(11-17)10-6-5-8-14-7-3-4-9-15(14)16/h3-4,7,9,12-13,18H,5-6,8,10H2,1-2H3. The van der Waals surface area contributed by atoms with Gasteiger partial charge in [0.2, 0.25) is 0 Å². The quantitative estimate of drug-likeness (QED) is 0.849. The van der Waals surface area contributed by atoms with Crippen LogP contribution in [0.4, 0.5) is 0 Å². The molecule has 0 fully saturated rings. The Kier molecular flexibility index (Phi) is 4.24. The first-order chi connectivity index (χ1) is 9.09.